The minimum atomic E-state index is -0.652. The molecule has 0 spiro atoms. The van der Waals surface area contributed by atoms with E-state index in [4.69, 9.17) is 0 Å². The number of aromatic nitrogens is 2. The first-order valence-corrected chi connectivity index (χ1v) is 7.64. The van der Waals surface area contributed by atoms with Gasteiger partial charge < -0.3 is 14.6 Å². The standard InChI is InChI=1S/C17H23N3O/c1-19-14-10-18-16(19)7-11-20-12-8-17(21,9-13-20)15-5-3-2-4-6-15/h2-6,10,14,21H,7-9,11-13H2,1H3. The van der Waals surface area contributed by atoms with Crippen LogP contribution < -0.4 is 0 Å². The van der Waals surface area contributed by atoms with Crippen molar-refractivity contribution in [3.8, 4) is 0 Å². The Labute approximate surface area is 126 Å². The lowest BCUT2D eigenvalue weighted by Crippen LogP contribution is -2.43. The highest BCUT2D eigenvalue weighted by Crippen LogP contribution is 2.32. The molecule has 1 aromatic carbocycles. The van der Waals surface area contributed by atoms with Gasteiger partial charge in [-0.15, -0.1) is 0 Å². The van der Waals surface area contributed by atoms with Crippen LogP contribution in [0.4, 0.5) is 0 Å². The minimum Gasteiger partial charge on any atom is -0.385 e. The number of nitrogens with zero attached hydrogens (tertiary/aromatic N) is 3. The van der Waals surface area contributed by atoms with E-state index < -0.39 is 5.60 Å². The van der Waals surface area contributed by atoms with Gasteiger partial charge in [0, 0.05) is 45.5 Å². The summed E-state index contributed by atoms with van der Waals surface area (Å²) in [5.41, 5.74) is 0.398. The van der Waals surface area contributed by atoms with E-state index in [0.717, 1.165) is 50.3 Å². The van der Waals surface area contributed by atoms with Gasteiger partial charge in [-0.25, -0.2) is 4.98 Å². The summed E-state index contributed by atoms with van der Waals surface area (Å²) in [6.07, 6.45) is 6.40. The fourth-order valence-corrected chi connectivity index (χ4v) is 3.08. The SMILES string of the molecule is Cn1ccnc1CCN1CCC(O)(c2ccccc2)CC1. The Kier molecular flexibility index (Phi) is 4.08. The fraction of sp³-hybridized carbons (Fsp3) is 0.471. The van der Waals surface area contributed by atoms with Gasteiger partial charge >= 0.3 is 0 Å². The molecule has 0 saturated carbocycles. The van der Waals surface area contributed by atoms with Crippen LogP contribution in [0, 0.1) is 0 Å². The summed E-state index contributed by atoms with van der Waals surface area (Å²) in [7, 11) is 2.03. The van der Waals surface area contributed by atoms with E-state index in [9.17, 15) is 5.11 Å². The zero-order valence-corrected chi connectivity index (χ0v) is 12.6. The summed E-state index contributed by atoms with van der Waals surface area (Å²) in [4.78, 5) is 6.79. The zero-order valence-electron chi connectivity index (χ0n) is 12.6. The molecule has 1 N–H and O–H groups in total. The van der Waals surface area contributed by atoms with E-state index in [1.54, 1.807) is 0 Å². The largest absolute Gasteiger partial charge is 0.385 e. The monoisotopic (exact) mass is 285 g/mol. The molecule has 4 nitrogen and oxygen atoms in total. The van der Waals surface area contributed by atoms with Gasteiger partial charge in [-0.05, 0) is 18.4 Å². The van der Waals surface area contributed by atoms with Crippen LogP contribution in [0.25, 0.3) is 0 Å². The number of aryl methyl sites for hydroxylation is 1. The third-order valence-corrected chi connectivity index (χ3v) is 4.57. The van der Waals surface area contributed by atoms with Crippen molar-refractivity contribution >= 4 is 0 Å². The summed E-state index contributed by atoms with van der Waals surface area (Å²) >= 11 is 0. The highest BCUT2D eigenvalue weighted by Gasteiger charge is 2.33. The van der Waals surface area contributed by atoms with Crippen LogP contribution in [0.2, 0.25) is 0 Å². The maximum absolute atomic E-state index is 10.8. The Morgan fingerprint density at radius 3 is 2.52 bits per heavy atom. The van der Waals surface area contributed by atoms with Crippen LogP contribution in [-0.4, -0.2) is 39.2 Å². The van der Waals surface area contributed by atoms with Gasteiger partial charge in [0.05, 0.1) is 5.60 Å². The molecule has 1 fully saturated rings. The molecule has 0 bridgehead atoms. The van der Waals surface area contributed by atoms with Crippen LogP contribution in [0.5, 0.6) is 0 Å². The van der Waals surface area contributed by atoms with Crippen molar-refractivity contribution in [1.29, 1.82) is 0 Å². The maximum Gasteiger partial charge on any atom is 0.109 e. The lowest BCUT2D eigenvalue weighted by atomic mass is 9.84. The van der Waals surface area contributed by atoms with Crippen molar-refractivity contribution in [3.63, 3.8) is 0 Å². The number of likely N-dealkylation sites (tertiary alicyclic amines) is 1. The first-order chi connectivity index (χ1) is 10.2. The predicted octanol–water partition coefficient (Wildman–Crippen LogP) is 1.95. The summed E-state index contributed by atoms with van der Waals surface area (Å²) in [6.45, 7) is 2.89. The van der Waals surface area contributed by atoms with Crippen LogP contribution >= 0.6 is 0 Å². The third kappa shape index (κ3) is 3.17. The molecule has 0 atom stereocenters. The first-order valence-electron chi connectivity index (χ1n) is 7.64. The number of benzene rings is 1. The van der Waals surface area contributed by atoms with Crippen molar-refractivity contribution in [3.05, 3.63) is 54.1 Å². The second-order valence-corrected chi connectivity index (χ2v) is 5.94. The normalized spacial score (nSPS) is 18.8. The molecule has 112 valence electrons. The van der Waals surface area contributed by atoms with E-state index >= 15 is 0 Å². The fourth-order valence-electron chi connectivity index (χ4n) is 3.08. The molecule has 0 unspecified atom stereocenters. The van der Waals surface area contributed by atoms with Crippen molar-refractivity contribution in [2.24, 2.45) is 7.05 Å². The van der Waals surface area contributed by atoms with Gasteiger partial charge in [0.15, 0.2) is 0 Å². The number of rotatable bonds is 4. The number of piperidine rings is 1. The van der Waals surface area contributed by atoms with Gasteiger partial charge in [0.2, 0.25) is 0 Å². The van der Waals surface area contributed by atoms with Gasteiger partial charge in [-0.1, -0.05) is 30.3 Å². The molecule has 2 heterocycles. The average molecular weight is 285 g/mol. The van der Waals surface area contributed by atoms with E-state index in [0.29, 0.717) is 0 Å². The predicted molar refractivity (Wildman–Crippen MR) is 82.9 cm³/mol. The molecule has 1 aromatic heterocycles. The smallest absolute Gasteiger partial charge is 0.109 e. The number of imidazole rings is 1. The zero-order chi connectivity index (χ0) is 14.7. The molecule has 0 radical (unpaired) electrons. The summed E-state index contributed by atoms with van der Waals surface area (Å²) < 4.78 is 2.07. The topological polar surface area (TPSA) is 41.3 Å². The average Bonchev–Trinajstić information content (AvgIpc) is 2.93. The Hall–Kier alpha value is -1.65. The molecule has 1 saturated heterocycles. The van der Waals surface area contributed by atoms with E-state index in [1.165, 1.54) is 0 Å². The van der Waals surface area contributed by atoms with Gasteiger partial charge in [0.1, 0.15) is 5.82 Å². The van der Waals surface area contributed by atoms with Crippen molar-refractivity contribution in [2.75, 3.05) is 19.6 Å². The molecule has 1 aliphatic heterocycles. The molecule has 4 heteroatoms. The summed E-state index contributed by atoms with van der Waals surface area (Å²) in [5, 5.41) is 10.8. The molecular weight excluding hydrogens is 262 g/mol. The van der Waals surface area contributed by atoms with Crippen LogP contribution in [0.15, 0.2) is 42.7 Å². The second kappa shape index (κ2) is 6.00. The van der Waals surface area contributed by atoms with Gasteiger partial charge in [-0.2, -0.15) is 0 Å². The molecule has 21 heavy (non-hydrogen) atoms. The number of aliphatic hydroxyl groups is 1. The Bertz CT molecular complexity index is 571. The molecule has 0 aliphatic carbocycles. The molecular formula is C17H23N3O. The molecule has 1 aliphatic rings. The number of hydrogen-bond acceptors (Lipinski definition) is 3. The third-order valence-electron chi connectivity index (χ3n) is 4.57. The highest BCUT2D eigenvalue weighted by atomic mass is 16.3. The number of hydrogen-bond donors (Lipinski definition) is 1. The van der Waals surface area contributed by atoms with Gasteiger partial charge in [-0.3, -0.25) is 0 Å². The van der Waals surface area contributed by atoms with Crippen molar-refractivity contribution in [1.82, 2.24) is 14.5 Å². The second-order valence-electron chi connectivity index (χ2n) is 5.94. The lowest BCUT2D eigenvalue weighted by molar-refractivity contribution is -0.0256. The molecule has 3 rings (SSSR count). The Morgan fingerprint density at radius 1 is 1.19 bits per heavy atom. The van der Waals surface area contributed by atoms with E-state index in [1.807, 2.05) is 49.8 Å². The first kappa shape index (κ1) is 14.3. The maximum atomic E-state index is 10.8. The van der Waals surface area contributed by atoms with Crippen LogP contribution in [0.1, 0.15) is 24.2 Å². The molecule has 2 aromatic rings. The Balaban J connectivity index is 1.54. The van der Waals surface area contributed by atoms with E-state index in [-0.39, 0.29) is 0 Å². The quantitative estimate of drug-likeness (QED) is 0.933. The highest BCUT2D eigenvalue weighted by molar-refractivity contribution is 5.22. The van der Waals surface area contributed by atoms with Crippen LogP contribution in [-0.2, 0) is 19.1 Å². The summed E-state index contributed by atoms with van der Waals surface area (Å²) in [5.74, 6) is 1.12. The Morgan fingerprint density at radius 2 is 1.90 bits per heavy atom. The van der Waals surface area contributed by atoms with Crippen molar-refractivity contribution in [2.45, 2.75) is 24.9 Å². The van der Waals surface area contributed by atoms with Crippen molar-refractivity contribution < 1.29 is 5.11 Å². The van der Waals surface area contributed by atoms with E-state index in [2.05, 4.69) is 14.5 Å². The van der Waals surface area contributed by atoms with Crippen LogP contribution in [0.3, 0.4) is 0 Å². The van der Waals surface area contributed by atoms with Gasteiger partial charge in [0.25, 0.3) is 0 Å². The minimum absolute atomic E-state index is 0.652. The molecule has 0 amide bonds. The lowest BCUT2D eigenvalue weighted by Gasteiger charge is -2.38. The summed E-state index contributed by atoms with van der Waals surface area (Å²) in [6, 6.07) is 10.1.